The van der Waals surface area contributed by atoms with Crippen LogP contribution in [0.1, 0.15) is 31.4 Å². The lowest BCUT2D eigenvalue weighted by atomic mass is 9.96. The summed E-state index contributed by atoms with van der Waals surface area (Å²) in [6, 6.07) is 2.06. The van der Waals surface area contributed by atoms with Crippen LogP contribution in [0.4, 0.5) is 10.6 Å². The zero-order valence-corrected chi connectivity index (χ0v) is 12.1. The van der Waals surface area contributed by atoms with Gasteiger partial charge < -0.3 is 20.1 Å². The first-order chi connectivity index (χ1) is 10.1. The Morgan fingerprint density at radius 3 is 2.57 bits per heavy atom. The molecule has 0 radical (unpaired) electrons. The number of piperidine rings is 1. The first kappa shape index (κ1) is 13.9. The number of rotatable bonds is 3. The highest BCUT2D eigenvalue weighted by Gasteiger charge is 2.30. The zero-order chi connectivity index (χ0) is 14.8. The Hall–Kier alpha value is -2.05. The van der Waals surface area contributed by atoms with Crippen LogP contribution in [-0.4, -0.2) is 41.1 Å². The van der Waals surface area contributed by atoms with Gasteiger partial charge in [0.25, 0.3) is 0 Å². The average molecular weight is 292 g/mol. The molecular formula is C14H20N4O3. The molecule has 1 saturated heterocycles. The van der Waals surface area contributed by atoms with E-state index in [1.165, 1.54) is 0 Å². The summed E-state index contributed by atoms with van der Waals surface area (Å²) < 4.78 is 4.92. The number of hydrogen-bond acceptors (Lipinski definition) is 4. The van der Waals surface area contributed by atoms with E-state index < -0.39 is 0 Å². The van der Waals surface area contributed by atoms with Crippen LogP contribution in [0.15, 0.2) is 10.6 Å². The van der Waals surface area contributed by atoms with Crippen molar-refractivity contribution in [2.45, 2.75) is 38.6 Å². The van der Waals surface area contributed by atoms with Crippen molar-refractivity contribution in [3.05, 3.63) is 11.8 Å². The van der Waals surface area contributed by atoms with E-state index in [0.717, 1.165) is 12.8 Å². The number of urea groups is 1. The predicted octanol–water partition coefficient (Wildman–Crippen LogP) is 1.51. The number of aromatic nitrogens is 1. The Labute approximate surface area is 123 Å². The third-order valence-electron chi connectivity index (χ3n) is 3.94. The molecule has 2 heterocycles. The molecule has 0 bridgehead atoms. The van der Waals surface area contributed by atoms with E-state index in [-0.39, 0.29) is 17.9 Å². The third kappa shape index (κ3) is 3.53. The fourth-order valence-electron chi connectivity index (χ4n) is 2.49. The minimum Gasteiger partial charge on any atom is -0.360 e. The number of aryl methyl sites for hydroxylation is 1. The van der Waals surface area contributed by atoms with Gasteiger partial charge in [-0.2, -0.15) is 0 Å². The summed E-state index contributed by atoms with van der Waals surface area (Å²) >= 11 is 0. The maximum absolute atomic E-state index is 12.1. The van der Waals surface area contributed by atoms with Crippen LogP contribution in [0.5, 0.6) is 0 Å². The number of carbonyl (C=O) groups is 2. The fourth-order valence-corrected chi connectivity index (χ4v) is 2.49. The highest BCUT2D eigenvalue weighted by molar-refractivity contribution is 5.91. The minimum absolute atomic E-state index is 0.00323. The van der Waals surface area contributed by atoms with Gasteiger partial charge in [0.05, 0.1) is 0 Å². The van der Waals surface area contributed by atoms with Crippen molar-refractivity contribution in [3.63, 3.8) is 0 Å². The van der Waals surface area contributed by atoms with E-state index >= 15 is 0 Å². The van der Waals surface area contributed by atoms with E-state index in [9.17, 15) is 9.59 Å². The molecule has 114 valence electrons. The molecule has 3 rings (SSSR count). The lowest BCUT2D eigenvalue weighted by molar-refractivity contribution is -0.121. The van der Waals surface area contributed by atoms with Crippen molar-refractivity contribution in [1.82, 2.24) is 15.4 Å². The molecular weight excluding hydrogens is 272 g/mol. The van der Waals surface area contributed by atoms with Crippen LogP contribution in [0.25, 0.3) is 0 Å². The van der Waals surface area contributed by atoms with Gasteiger partial charge in [0.15, 0.2) is 5.82 Å². The van der Waals surface area contributed by atoms with Gasteiger partial charge in [0.2, 0.25) is 5.91 Å². The number of carbonyl (C=O) groups excluding carboxylic acids is 2. The Morgan fingerprint density at radius 2 is 2.00 bits per heavy atom. The van der Waals surface area contributed by atoms with Gasteiger partial charge >= 0.3 is 6.03 Å². The predicted molar refractivity (Wildman–Crippen MR) is 75.7 cm³/mol. The van der Waals surface area contributed by atoms with E-state index in [1.54, 1.807) is 17.9 Å². The first-order valence-electron chi connectivity index (χ1n) is 7.41. The second-order valence-corrected chi connectivity index (χ2v) is 5.80. The first-order valence-corrected chi connectivity index (χ1v) is 7.41. The molecule has 2 fully saturated rings. The summed E-state index contributed by atoms with van der Waals surface area (Å²) in [6.45, 7) is 3.02. The normalized spacial score (nSPS) is 19.4. The van der Waals surface area contributed by atoms with Gasteiger partial charge in [-0.3, -0.25) is 4.79 Å². The van der Waals surface area contributed by atoms with Gasteiger partial charge in [-0.25, -0.2) is 4.79 Å². The molecule has 0 atom stereocenters. The standard InChI is InChI=1S/C14H20N4O3/c1-9-8-12(17-21-9)16-13(19)10-4-6-18(7-5-10)14(20)15-11-2-3-11/h8,10-11H,2-7H2,1H3,(H,15,20)(H,16,17,19). The van der Waals surface area contributed by atoms with E-state index in [2.05, 4.69) is 15.8 Å². The monoisotopic (exact) mass is 292 g/mol. The second kappa shape index (κ2) is 5.75. The van der Waals surface area contributed by atoms with Crippen LogP contribution >= 0.6 is 0 Å². The number of nitrogens with one attached hydrogen (secondary N) is 2. The molecule has 1 saturated carbocycles. The summed E-state index contributed by atoms with van der Waals surface area (Å²) in [4.78, 5) is 25.8. The number of amides is 3. The highest BCUT2D eigenvalue weighted by Crippen LogP contribution is 2.22. The summed E-state index contributed by atoms with van der Waals surface area (Å²) in [5.41, 5.74) is 0. The smallest absolute Gasteiger partial charge is 0.317 e. The Kier molecular flexibility index (Phi) is 3.81. The van der Waals surface area contributed by atoms with Crippen molar-refractivity contribution in [3.8, 4) is 0 Å². The fraction of sp³-hybridized carbons (Fsp3) is 0.643. The number of nitrogens with zero attached hydrogens (tertiary/aromatic N) is 2. The maximum Gasteiger partial charge on any atom is 0.317 e. The molecule has 1 aromatic heterocycles. The summed E-state index contributed by atoms with van der Waals surface area (Å²) in [6.07, 6.45) is 3.53. The number of likely N-dealkylation sites (tertiary alicyclic amines) is 1. The van der Waals surface area contributed by atoms with Crippen LogP contribution in [0, 0.1) is 12.8 Å². The largest absolute Gasteiger partial charge is 0.360 e. The summed E-state index contributed by atoms with van der Waals surface area (Å²) in [5.74, 6) is 0.987. The van der Waals surface area contributed by atoms with Crippen LogP contribution in [0.2, 0.25) is 0 Å². The second-order valence-electron chi connectivity index (χ2n) is 5.80. The molecule has 2 N–H and O–H groups in total. The van der Waals surface area contributed by atoms with Crippen molar-refractivity contribution < 1.29 is 14.1 Å². The molecule has 0 unspecified atom stereocenters. The van der Waals surface area contributed by atoms with Crippen LogP contribution in [-0.2, 0) is 4.79 Å². The molecule has 7 nitrogen and oxygen atoms in total. The SMILES string of the molecule is Cc1cc(NC(=O)C2CCN(C(=O)NC3CC3)CC2)no1. The van der Waals surface area contributed by atoms with Crippen molar-refractivity contribution in [2.24, 2.45) is 5.92 Å². The molecule has 3 amide bonds. The lowest BCUT2D eigenvalue weighted by Gasteiger charge is -2.31. The molecule has 2 aliphatic rings. The molecule has 1 aromatic rings. The molecule has 1 aliphatic heterocycles. The van der Waals surface area contributed by atoms with Gasteiger partial charge in [-0.15, -0.1) is 0 Å². The third-order valence-corrected chi connectivity index (χ3v) is 3.94. The van der Waals surface area contributed by atoms with Gasteiger partial charge in [-0.1, -0.05) is 5.16 Å². The van der Waals surface area contributed by atoms with Crippen LogP contribution in [0.3, 0.4) is 0 Å². The van der Waals surface area contributed by atoms with Crippen molar-refractivity contribution in [1.29, 1.82) is 0 Å². The molecule has 7 heteroatoms. The van der Waals surface area contributed by atoms with E-state index in [4.69, 9.17) is 4.52 Å². The van der Waals surface area contributed by atoms with Gasteiger partial charge in [0, 0.05) is 31.1 Å². The molecule has 0 spiro atoms. The molecule has 21 heavy (non-hydrogen) atoms. The molecule has 1 aliphatic carbocycles. The maximum atomic E-state index is 12.1. The highest BCUT2D eigenvalue weighted by atomic mass is 16.5. The lowest BCUT2D eigenvalue weighted by Crippen LogP contribution is -2.46. The van der Waals surface area contributed by atoms with Crippen molar-refractivity contribution in [2.75, 3.05) is 18.4 Å². The minimum atomic E-state index is -0.0769. The topological polar surface area (TPSA) is 87.5 Å². The number of anilines is 1. The Bertz CT molecular complexity index is 530. The molecule has 0 aromatic carbocycles. The number of hydrogen-bond donors (Lipinski definition) is 2. The van der Waals surface area contributed by atoms with E-state index in [1.807, 2.05) is 0 Å². The average Bonchev–Trinajstić information content (AvgIpc) is 3.20. The van der Waals surface area contributed by atoms with Gasteiger partial charge in [-0.05, 0) is 32.6 Å². The Morgan fingerprint density at radius 1 is 1.29 bits per heavy atom. The van der Waals surface area contributed by atoms with Crippen molar-refractivity contribution >= 4 is 17.8 Å². The Balaban J connectivity index is 1.46. The summed E-state index contributed by atoms with van der Waals surface area (Å²) in [7, 11) is 0. The summed E-state index contributed by atoms with van der Waals surface area (Å²) in [5, 5.41) is 9.48. The quantitative estimate of drug-likeness (QED) is 0.884. The van der Waals surface area contributed by atoms with E-state index in [0.29, 0.717) is 43.6 Å². The van der Waals surface area contributed by atoms with Gasteiger partial charge in [0.1, 0.15) is 5.76 Å². The van der Waals surface area contributed by atoms with Crippen LogP contribution < -0.4 is 10.6 Å². The zero-order valence-electron chi connectivity index (χ0n) is 12.1.